The maximum atomic E-state index is 5.56. The van der Waals surface area contributed by atoms with Crippen LogP contribution in [0.4, 0.5) is 0 Å². The third kappa shape index (κ3) is 6.15. The molecule has 1 saturated heterocycles. The zero-order valence-electron chi connectivity index (χ0n) is 15.7. The summed E-state index contributed by atoms with van der Waals surface area (Å²) in [6.45, 7) is 11.5. The number of aryl methyl sites for hydroxylation is 2. The lowest BCUT2D eigenvalue weighted by Gasteiger charge is -2.30. The normalized spacial score (nSPS) is 17.2. The van der Waals surface area contributed by atoms with Crippen LogP contribution in [-0.4, -0.2) is 49.1 Å². The Morgan fingerprint density at radius 1 is 1.25 bits per heavy atom. The molecule has 6 nitrogen and oxygen atoms in total. The molecular weight excluding hydrogens is 302 g/mol. The molecule has 0 unspecified atom stereocenters. The fourth-order valence-corrected chi connectivity index (χ4v) is 2.95. The molecule has 1 aliphatic heterocycles. The molecule has 24 heavy (non-hydrogen) atoms. The molecule has 1 aliphatic rings. The third-order valence-corrected chi connectivity index (χ3v) is 4.77. The highest BCUT2D eigenvalue weighted by Crippen LogP contribution is 2.16. The van der Waals surface area contributed by atoms with Gasteiger partial charge in [0.25, 0.3) is 0 Å². The summed E-state index contributed by atoms with van der Waals surface area (Å²) in [7, 11) is 1.79. The van der Waals surface area contributed by atoms with E-state index in [4.69, 9.17) is 4.42 Å². The number of aromatic nitrogens is 1. The lowest BCUT2D eigenvalue weighted by molar-refractivity contribution is 0.189. The number of hydrogen-bond acceptors (Lipinski definition) is 4. The molecule has 0 amide bonds. The van der Waals surface area contributed by atoms with Crippen molar-refractivity contribution in [3.05, 3.63) is 17.3 Å². The Balaban J connectivity index is 1.56. The van der Waals surface area contributed by atoms with Crippen LogP contribution in [0.5, 0.6) is 0 Å². The first-order chi connectivity index (χ1) is 11.6. The van der Waals surface area contributed by atoms with Crippen LogP contribution in [0, 0.1) is 19.8 Å². The number of hydrogen-bond donors (Lipinski definition) is 2. The van der Waals surface area contributed by atoms with Crippen molar-refractivity contribution >= 4 is 5.96 Å². The third-order valence-electron chi connectivity index (χ3n) is 4.77. The van der Waals surface area contributed by atoms with E-state index >= 15 is 0 Å². The molecule has 1 aromatic rings. The molecular formula is C18H33N5O. The molecule has 0 aliphatic carbocycles. The van der Waals surface area contributed by atoms with Crippen LogP contribution in [0.3, 0.4) is 0 Å². The number of nitrogens with one attached hydrogen (secondary N) is 2. The van der Waals surface area contributed by atoms with Gasteiger partial charge >= 0.3 is 0 Å². The molecule has 0 radical (unpaired) electrons. The minimum absolute atomic E-state index is 0.556. The highest BCUT2D eigenvalue weighted by atomic mass is 16.4. The van der Waals surface area contributed by atoms with Crippen molar-refractivity contribution in [2.75, 3.05) is 33.2 Å². The van der Waals surface area contributed by atoms with Crippen molar-refractivity contribution in [2.45, 2.75) is 53.0 Å². The monoisotopic (exact) mass is 335 g/mol. The Morgan fingerprint density at radius 2 is 2.00 bits per heavy atom. The van der Waals surface area contributed by atoms with E-state index in [1.54, 1.807) is 7.05 Å². The number of guanidine groups is 1. The van der Waals surface area contributed by atoms with Crippen LogP contribution in [-0.2, 0) is 6.54 Å². The Bertz CT molecular complexity index is 498. The summed E-state index contributed by atoms with van der Waals surface area (Å²) in [6, 6.07) is 0. The van der Waals surface area contributed by atoms with Crippen molar-refractivity contribution in [1.82, 2.24) is 20.5 Å². The van der Waals surface area contributed by atoms with Crippen LogP contribution < -0.4 is 10.6 Å². The highest BCUT2D eigenvalue weighted by molar-refractivity contribution is 5.79. The molecule has 0 atom stereocenters. The summed E-state index contributed by atoms with van der Waals surface area (Å²) >= 11 is 0. The summed E-state index contributed by atoms with van der Waals surface area (Å²) in [4.78, 5) is 11.2. The summed E-state index contributed by atoms with van der Waals surface area (Å²) < 4.78 is 5.56. The standard InChI is InChI=1S/C18H33N5O/c1-14-7-11-23(12-8-14)10-6-5-9-20-18(19-4)21-13-17-22-15(2)16(3)24-17/h14H,5-13H2,1-4H3,(H2,19,20,21). The summed E-state index contributed by atoms with van der Waals surface area (Å²) in [5.41, 5.74) is 0.946. The predicted octanol–water partition coefficient (Wildman–Crippen LogP) is 2.47. The van der Waals surface area contributed by atoms with Crippen LogP contribution in [0.2, 0.25) is 0 Å². The number of rotatable bonds is 7. The number of likely N-dealkylation sites (tertiary alicyclic amines) is 1. The Morgan fingerprint density at radius 3 is 2.62 bits per heavy atom. The molecule has 2 rings (SSSR count). The number of aliphatic imine (C=N–C) groups is 1. The number of piperidine rings is 1. The summed E-state index contributed by atoms with van der Waals surface area (Å²) in [5.74, 6) is 3.29. The number of oxazole rings is 1. The van der Waals surface area contributed by atoms with Gasteiger partial charge in [-0.05, 0) is 65.1 Å². The van der Waals surface area contributed by atoms with Gasteiger partial charge in [-0.15, -0.1) is 0 Å². The van der Waals surface area contributed by atoms with E-state index in [0.717, 1.165) is 36.3 Å². The fraction of sp³-hybridized carbons (Fsp3) is 0.778. The molecule has 136 valence electrons. The topological polar surface area (TPSA) is 65.7 Å². The second kappa shape index (κ2) is 9.67. The number of nitrogens with zero attached hydrogens (tertiary/aromatic N) is 3. The lowest BCUT2D eigenvalue weighted by Crippen LogP contribution is -2.38. The molecule has 0 spiro atoms. The molecule has 1 fully saturated rings. The quantitative estimate of drug-likeness (QED) is 0.455. The number of unbranched alkanes of at least 4 members (excludes halogenated alkanes) is 1. The van der Waals surface area contributed by atoms with E-state index in [1.165, 1.54) is 38.9 Å². The Labute approximate surface area is 146 Å². The van der Waals surface area contributed by atoms with Gasteiger partial charge in [-0.3, -0.25) is 4.99 Å². The maximum absolute atomic E-state index is 5.56. The fourth-order valence-electron chi connectivity index (χ4n) is 2.95. The van der Waals surface area contributed by atoms with Crippen LogP contribution in [0.15, 0.2) is 9.41 Å². The minimum atomic E-state index is 0.556. The Kier molecular flexibility index (Phi) is 7.56. The first kappa shape index (κ1) is 18.8. The van der Waals surface area contributed by atoms with Gasteiger partial charge < -0.3 is 20.0 Å². The molecule has 0 bridgehead atoms. The van der Waals surface area contributed by atoms with Gasteiger partial charge in [0.2, 0.25) is 5.89 Å². The van der Waals surface area contributed by atoms with Crippen molar-refractivity contribution in [3.8, 4) is 0 Å². The van der Waals surface area contributed by atoms with E-state index in [0.29, 0.717) is 12.4 Å². The van der Waals surface area contributed by atoms with Crippen LogP contribution in [0.1, 0.15) is 50.0 Å². The van der Waals surface area contributed by atoms with Crippen molar-refractivity contribution in [3.63, 3.8) is 0 Å². The van der Waals surface area contributed by atoms with Crippen molar-refractivity contribution < 1.29 is 4.42 Å². The average Bonchev–Trinajstić information content (AvgIpc) is 2.90. The predicted molar refractivity (Wildman–Crippen MR) is 98.3 cm³/mol. The van der Waals surface area contributed by atoms with Gasteiger partial charge in [-0.1, -0.05) is 6.92 Å². The van der Waals surface area contributed by atoms with Crippen molar-refractivity contribution in [2.24, 2.45) is 10.9 Å². The van der Waals surface area contributed by atoms with Gasteiger partial charge in [-0.25, -0.2) is 4.98 Å². The van der Waals surface area contributed by atoms with Gasteiger partial charge in [-0.2, -0.15) is 0 Å². The zero-order chi connectivity index (χ0) is 17.4. The van der Waals surface area contributed by atoms with E-state index in [-0.39, 0.29) is 0 Å². The van der Waals surface area contributed by atoms with E-state index < -0.39 is 0 Å². The van der Waals surface area contributed by atoms with E-state index in [9.17, 15) is 0 Å². The largest absolute Gasteiger partial charge is 0.444 e. The highest BCUT2D eigenvalue weighted by Gasteiger charge is 2.14. The lowest BCUT2D eigenvalue weighted by atomic mass is 9.99. The van der Waals surface area contributed by atoms with Gasteiger partial charge in [0.15, 0.2) is 5.96 Å². The zero-order valence-corrected chi connectivity index (χ0v) is 15.7. The van der Waals surface area contributed by atoms with Gasteiger partial charge in [0.1, 0.15) is 5.76 Å². The SMILES string of the molecule is CN=C(NCCCCN1CCC(C)CC1)NCc1nc(C)c(C)o1. The summed E-state index contributed by atoms with van der Waals surface area (Å²) in [5, 5.41) is 6.60. The molecule has 2 N–H and O–H groups in total. The van der Waals surface area contributed by atoms with E-state index in [1.807, 2.05) is 13.8 Å². The first-order valence-electron chi connectivity index (χ1n) is 9.18. The molecule has 2 heterocycles. The molecule has 1 aromatic heterocycles. The average molecular weight is 335 g/mol. The molecule has 6 heteroatoms. The Hall–Kier alpha value is -1.56. The smallest absolute Gasteiger partial charge is 0.214 e. The van der Waals surface area contributed by atoms with Crippen molar-refractivity contribution in [1.29, 1.82) is 0 Å². The molecule has 0 aromatic carbocycles. The first-order valence-corrected chi connectivity index (χ1v) is 9.18. The second-order valence-electron chi connectivity index (χ2n) is 6.83. The van der Waals surface area contributed by atoms with Gasteiger partial charge in [0.05, 0.1) is 12.2 Å². The second-order valence-corrected chi connectivity index (χ2v) is 6.83. The van der Waals surface area contributed by atoms with Crippen LogP contribution >= 0.6 is 0 Å². The van der Waals surface area contributed by atoms with Gasteiger partial charge in [0, 0.05) is 13.6 Å². The summed E-state index contributed by atoms with van der Waals surface area (Å²) in [6.07, 6.45) is 5.10. The van der Waals surface area contributed by atoms with Crippen LogP contribution in [0.25, 0.3) is 0 Å². The van der Waals surface area contributed by atoms with E-state index in [2.05, 4.69) is 32.4 Å². The maximum Gasteiger partial charge on any atom is 0.214 e. The minimum Gasteiger partial charge on any atom is -0.444 e. The molecule has 0 saturated carbocycles.